The molecule has 28 heavy (non-hydrogen) atoms. The molecule has 2 aromatic rings. The van der Waals surface area contributed by atoms with Crippen molar-refractivity contribution in [2.45, 2.75) is 24.3 Å². The molecule has 1 fully saturated rings. The van der Waals surface area contributed by atoms with Crippen LogP contribution in [0.1, 0.15) is 22.3 Å². The molecule has 1 unspecified atom stereocenters. The lowest BCUT2D eigenvalue weighted by atomic mass is 10.1. The smallest absolute Gasteiger partial charge is 0.251 e. The Morgan fingerprint density at radius 3 is 2.71 bits per heavy atom. The SMILES string of the molecule is COc1ccc(Cl)cc1N1CCC(NC(=O)c2cc(S(N)(=O)=O)ccc2C)C1. The highest BCUT2D eigenvalue weighted by atomic mass is 35.5. The number of rotatable bonds is 5. The largest absolute Gasteiger partial charge is 0.495 e. The van der Waals surface area contributed by atoms with Crippen molar-refractivity contribution in [1.29, 1.82) is 0 Å². The molecule has 0 radical (unpaired) electrons. The molecule has 1 aliphatic rings. The molecule has 3 N–H and O–H groups in total. The van der Waals surface area contributed by atoms with Gasteiger partial charge in [0, 0.05) is 29.7 Å². The Labute approximate surface area is 169 Å². The van der Waals surface area contributed by atoms with Crippen molar-refractivity contribution in [2.75, 3.05) is 25.1 Å². The summed E-state index contributed by atoms with van der Waals surface area (Å²) in [7, 11) is -2.27. The lowest BCUT2D eigenvalue weighted by molar-refractivity contribution is 0.0939. The van der Waals surface area contributed by atoms with Crippen molar-refractivity contribution in [3.05, 3.63) is 52.5 Å². The van der Waals surface area contributed by atoms with Gasteiger partial charge >= 0.3 is 0 Å². The van der Waals surface area contributed by atoms with Crippen LogP contribution in [-0.4, -0.2) is 40.6 Å². The Kier molecular flexibility index (Phi) is 5.83. The summed E-state index contributed by atoms with van der Waals surface area (Å²) in [5, 5.41) is 8.76. The number of amides is 1. The molecule has 0 aliphatic carbocycles. The molecule has 1 saturated heterocycles. The van der Waals surface area contributed by atoms with Crippen LogP contribution < -0.4 is 20.1 Å². The number of nitrogens with two attached hydrogens (primary N) is 1. The maximum Gasteiger partial charge on any atom is 0.251 e. The number of nitrogens with zero attached hydrogens (tertiary/aromatic N) is 1. The highest BCUT2D eigenvalue weighted by Crippen LogP contribution is 2.33. The molecule has 1 atom stereocenters. The minimum atomic E-state index is -3.87. The number of nitrogens with one attached hydrogen (secondary N) is 1. The van der Waals surface area contributed by atoms with Crippen LogP contribution in [0.15, 0.2) is 41.3 Å². The van der Waals surface area contributed by atoms with Gasteiger partial charge in [0.1, 0.15) is 5.75 Å². The van der Waals surface area contributed by atoms with Crippen molar-refractivity contribution in [2.24, 2.45) is 5.14 Å². The normalized spacial score (nSPS) is 16.9. The molecule has 150 valence electrons. The average molecular weight is 424 g/mol. The Morgan fingerprint density at radius 1 is 1.29 bits per heavy atom. The van der Waals surface area contributed by atoms with E-state index < -0.39 is 10.0 Å². The number of benzene rings is 2. The van der Waals surface area contributed by atoms with Crippen LogP contribution in [0.25, 0.3) is 0 Å². The number of hydrogen-bond acceptors (Lipinski definition) is 5. The van der Waals surface area contributed by atoms with Gasteiger partial charge in [0.25, 0.3) is 5.91 Å². The van der Waals surface area contributed by atoms with Crippen LogP contribution >= 0.6 is 11.6 Å². The van der Waals surface area contributed by atoms with Gasteiger partial charge in [-0.2, -0.15) is 0 Å². The van der Waals surface area contributed by atoms with Crippen molar-refractivity contribution in [3.8, 4) is 5.75 Å². The Balaban J connectivity index is 1.74. The number of methoxy groups -OCH3 is 1. The molecule has 1 aliphatic heterocycles. The summed E-state index contributed by atoms with van der Waals surface area (Å²) >= 11 is 6.11. The first kappa shape index (κ1) is 20.4. The second kappa shape index (κ2) is 7.98. The fourth-order valence-electron chi connectivity index (χ4n) is 3.29. The molecule has 0 spiro atoms. The number of hydrogen-bond donors (Lipinski definition) is 2. The van der Waals surface area contributed by atoms with Gasteiger partial charge in [-0.1, -0.05) is 17.7 Å². The van der Waals surface area contributed by atoms with Gasteiger partial charge in [0.05, 0.1) is 17.7 Å². The number of halogens is 1. The van der Waals surface area contributed by atoms with Crippen LogP contribution in [0.3, 0.4) is 0 Å². The van der Waals surface area contributed by atoms with Gasteiger partial charge in [-0.25, -0.2) is 13.6 Å². The van der Waals surface area contributed by atoms with Crippen LogP contribution in [0.5, 0.6) is 5.75 Å². The van der Waals surface area contributed by atoms with Gasteiger partial charge in [-0.05, 0) is 49.2 Å². The van der Waals surface area contributed by atoms with E-state index in [1.165, 1.54) is 12.1 Å². The predicted octanol–water partition coefficient (Wildman–Crippen LogP) is 2.31. The fourth-order valence-corrected chi connectivity index (χ4v) is 4.00. The highest BCUT2D eigenvalue weighted by Gasteiger charge is 2.27. The third-order valence-corrected chi connectivity index (χ3v) is 5.93. The second-order valence-electron chi connectivity index (χ2n) is 6.74. The first-order chi connectivity index (χ1) is 13.2. The molecule has 0 bridgehead atoms. The topological polar surface area (TPSA) is 102 Å². The van der Waals surface area contributed by atoms with Crippen LogP contribution in [0.4, 0.5) is 5.69 Å². The highest BCUT2D eigenvalue weighted by molar-refractivity contribution is 7.89. The molecule has 3 rings (SSSR count). The van der Waals surface area contributed by atoms with Crippen molar-refractivity contribution in [1.82, 2.24) is 5.32 Å². The van der Waals surface area contributed by atoms with Gasteiger partial charge in [-0.3, -0.25) is 4.79 Å². The van der Waals surface area contributed by atoms with E-state index in [1.807, 2.05) is 12.1 Å². The zero-order chi connectivity index (χ0) is 20.5. The Hall–Kier alpha value is -2.29. The van der Waals surface area contributed by atoms with Gasteiger partial charge in [0.15, 0.2) is 0 Å². The van der Waals surface area contributed by atoms with Gasteiger partial charge < -0.3 is 15.0 Å². The monoisotopic (exact) mass is 423 g/mol. The van der Waals surface area contributed by atoms with Gasteiger partial charge in [0.2, 0.25) is 10.0 Å². The number of carbonyl (C=O) groups is 1. The molecule has 1 amide bonds. The fraction of sp³-hybridized carbons (Fsp3) is 0.316. The Bertz CT molecular complexity index is 1010. The van der Waals surface area contributed by atoms with E-state index in [0.29, 0.717) is 28.4 Å². The summed E-state index contributed by atoms with van der Waals surface area (Å²) in [5.41, 5.74) is 1.85. The number of carbonyl (C=O) groups excluding carboxylic acids is 1. The molecule has 0 aromatic heterocycles. The lowest BCUT2D eigenvalue weighted by Gasteiger charge is -2.22. The molecule has 2 aromatic carbocycles. The van der Waals surface area contributed by atoms with E-state index in [1.54, 1.807) is 26.2 Å². The summed E-state index contributed by atoms with van der Waals surface area (Å²) in [6, 6.07) is 9.61. The zero-order valence-electron chi connectivity index (χ0n) is 15.6. The summed E-state index contributed by atoms with van der Waals surface area (Å²) in [6.07, 6.45) is 0.745. The third-order valence-electron chi connectivity index (χ3n) is 4.79. The minimum Gasteiger partial charge on any atom is -0.495 e. The number of anilines is 1. The predicted molar refractivity (Wildman–Crippen MR) is 109 cm³/mol. The van der Waals surface area contributed by atoms with E-state index in [-0.39, 0.29) is 16.8 Å². The quantitative estimate of drug-likeness (QED) is 0.768. The third kappa shape index (κ3) is 4.40. The van der Waals surface area contributed by atoms with Crippen LogP contribution in [0.2, 0.25) is 5.02 Å². The first-order valence-corrected chi connectivity index (χ1v) is 10.6. The maximum atomic E-state index is 12.7. The number of primary sulfonamides is 1. The van der Waals surface area contributed by atoms with Crippen molar-refractivity contribution in [3.63, 3.8) is 0 Å². The summed E-state index contributed by atoms with van der Waals surface area (Å²) in [4.78, 5) is 14.7. The molecule has 1 heterocycles. The number of aryl methyl sites for hydroxylation is 1. The second-order valence-corrected chi connectivity index (χ2v) is 8.74. The first-order valence-electron chi connectivity index (χ1n) is 8.72. The number of sulfonamides is 1. The summed E-state index contributed by atoms with van der Waals surface area (Å²) < 4.78 is 28.5. The summed E-state index contributed by atoms with van der Waals surface area (Å²) in [5.74, 6) is 0.390. The van der Waals surface area contributed by atoms with E-state index in [4.69, 9.17) is 21.5 Å². The van der Waals surface area contributed by atoms with E-state index >= 15 is 0 Å². The molecular weight excluding hydrogens is 402 g/mol. The maximum absolute atomic E-state index is 12.7. The van der Waals surface area contributed by atoms with Crippen LogP contribution in [0, 0.1) is 6.92 Å². The summed E-state index contributed by atoms with van der Waals surface area (Å²) in [6.45, 7) is 3.08. The van der Waals surface area contributed by atoms with Crippen molar-refractivity contribution < 1.29 is 17.9 Å². The number of ether oxygens (including phenoxy) is 1. The molecule has 7 nitrogen and oxygen atoms in total. The molecular formula is C19H22ClN3O4S. The van der Waals surface area contributed by atoms with E-state index in [9.17, 15) is 13.2 Å². The average Bonchev–Trinajstić information content (AvgIpc) is 3.09. The molecule has 9 heteroatoms. The van der Waals surface area contributed by atoms with E-state index in [0.717, 1.165) is 18.7 Å². The molecule has 0 saturated carbocycles. The zero-order valence-corrected chi connectivity index (χ0v) is 17.2. The van der Waals surface area contributed by atoms with Crippen molar-refractivity contribution >= 4 is 33.2 Å². The lowest BCUT2D eigenvalue weighted by Crippen LogP contribution is -2.37. The van der Waals surface area contributed by atoms with E-state index in [2.05, 4.69) is 10.2 Å². The minimum absolute atomic E-state index is 0.0834. The Morgan fingerprint density at radius 2 is 2.04 bits per heavy atom. The van der Waals surface area contributed by atoms with Gasteiger partial charge in [-0.15, -0.1) is 0 Å². The standard InChI is InChI=1S/C19H22ClN3O4S/c1-12-3-5-15(28(21,25)26)10-16(12)19(24)22-14-7-8-23(11-14)17-9-13(20)4-6-18(17)27-2/h3-6,9-10,14H,7-8,11H2,1-2H3,(H,22,24)(H2,21,25,26). The van der Waals surface area contributed by atoms with Crippen LogP contribution in [-0.2, 0) is 10.0 Å².